The monoisotopic (exact) mass is 308 g/mol. The van der Waals surface area contributed by atoms with Crippen molar-refractivity contribution in [3.05, 3.63) is 65.4 Å². The number of aliphatic hydroxyl groups excluding tert-OH is 1. The van der Waals surface area contributed by atoms with Crippen molar-refractivity contribution in [2.45, 2.75) is 13.5 Å². The van der Waals surface area contributed by atoms with Crippen molar-refractivity contribution in [1.29, 1.82) is 0 Å². The Bertz CT molecular complexity index is 853. The molecule has 1 aromatic heterocycles. The molecule has 3 N–H and O–H groups in total. The molecule has 0 aliphatic heterocycles. The Morgan fingerprint density at radius 2 is 1.87 bits per heavy atom. The van der Waals surface area contributed by atoms with Crippen LogP contribution in [0, 0.1) is 6.92 Å². The first-order chi connectivity index (χ1) is 11.1. The summed E-state index contributed by atoms with van der Waals surface area (Å²) in [5.41, 5.74) is 9.66. The third-order valence-corrected chi connectivity index (χ3v) is 3.69. The number of rotatable bonds is 4. The van der Waals surface area contributed by atoms with Crippen molar-refractivity contribution in [2.24, 2.45) is 5.73 Å². The summed E-state index contributed by atoms with van der Waals surface area (Å²) in [6, 6.07) is 14.6. The number of nitrogens with two attached hydrogens (primary N) is 1. The third kappa shape index (κ3) is 2.72. The van der Waals surface area contributed by atoms with Crippen molar-refractivity contribution < 1.29 is 9.90 Å². The lowest BCUT2D eigenvalue weighted by Crippen LogP contribution is -2.11. The lowest BCUT2D eigenvalue weighted by Gasteiger charge is -2.10. The van der Waals surface area contributed by atoms with Gasteiger partial charge in [0.2, 0.25) is 5.91 Å². The molecule has 0 bridgehead atoms. The molecule has 0 atom stereocenters. The van der Waals surface area contributed by atoms with Crippen molar-refractivity contribution in [3.8, 4) is 16.9 Å². The van der Waals surface area contributed by atoms with Gasteiger partial charge in [-0.05, 0) is 36.8 Å². The Morgan fingerprint density at radius 3 is 2.48 bits per heavy atom. The first-order valence-electron chi connectivity index (χ1n) is 7.13. The minimum absolute atomic E-state index is 0.205. The van der Waals surface area contributed by atoms with Crippen LogP contribution in [0.5, 0.6) is 0 Å². The molecular weight excluding hydrogens is 292 g/mol. The number of carbonyl (C=O) groups is 1. The number of primary amides is 1. The summed E-state index contributed by atoms with van der Waals surface area (Å²) in [4.78, 5) is 11.2. The molecule has 0 saturated heterocycles. The molecule has 116 valence electrons. The van der Waals surface area contributed by atoms with E-state index in [4.69, 9.17) is 5.73 Å². The summed E-state index contributed by atoms with van der Waals surface area (Å²) < 4.78 is 1.65. The first-order valence-corrected chi connectivity index (χ1v) is 7.13. The van der Waals surface area contributed by atoms with Gasteiger partial charge in [0, 0.05) is 11.1 Å². The number of aromatic nitrogens is 3. The minimum atomic E-state index is -0.481. The zero-order valence-corrected chi connectivity index (χ0v) is 12.6. The van der Waals surface area contributed by atoms with Gasteiger partial charge in [-0.3, -0.25) is 4.79 Å². The normalized spacial score (nSPS) is 10.7. The van der Waals surface area contributed by atoms with Crippen molar-refractivity contribution in [2.75, 3.05) is 0 Å². The molecule has 6 nitrogen and oxygen atoms in total. The second-order valence-corrected chi connectivity index (χ2v) is 5.18. The Morgan fingerprint density at radius 1 is 1.17 bits per heavy atom. The van der Waals surface area contributed by atoms with Crippen LogP contribution < -0.4 is 5.73 Å². The van der Waals surface area contributed by atoms with Crippen molar-refractivity contribution in [1.82, 2.24) is 15.0 Å². The van der Waals surface area contributed by atoms with E-state index < -0.39 is 5.91 Å². The average Bonchev–Trinajstić information content (AvgIpc) is 2.99. The number of amides is 1. The highest BCUT2D eigenvalue weighted by atomic mass is 16.3. The molecule has 0 aliphatic rings. The number of benzene rings is 2. The standard InChI is InChI=1S/C17H16N4O2/c1-11-4-2-3-5-14(11)16-15(10-22)19-20-21(16)13-8-6-12(7-9-13)17(18)23/h2-9,22H,10H2,1H3,(H2,18,23). The first kappa shape index (κ1) is 14.9. The van der Waals surface area contributed by atoms with Crippen LogP contribution in [0.2, 0.25) is 0 Å². The van der Waals surface area contributed by atoms with E-state index in [1.54, 1.807) is 28.9 Å². The fourth-order valence-electron chi connectivity index (χ4n) is 2.48. The highest BCUT2D eigenvalue weighted by molar-refractivity contribution is 5.92. The number of carbonyl (C=O) groups excluding carboxylic acids is 1. The van der Waals surface area contributed by atoms with Gasteiger partial charge in [0.15, 0.2) is 0 Å². The Balaban J connectivity index is 2.16. The van der Waals surface area contributed by atoms with Crippen molar-refractivity contribution in [3.63, 3.8) is 0 Å². The summed E-state index contributed by atoms with van der Waals surface area (Å²) >= 11 is 0. The van der Waals surface area contributed by atoms with Crippen LogP contribution in [0.15, 0.2) is 48.5 Å². The predicted octanol–water partition coefficient (Wildman–Crippen LogP) is 1.83. The molecule has 23 heavy (non-hydrogen) atoms. The molecule has 3 rings (SSSR count). The zero-order valence-electron chi connectivity index (χ0n) is 12.6. The Hall–Kier alpha value is -2.99. The van der Waals surface area contributed by atoms with E-state index in [9.17, 15) is 9.90 Å². The molecule has 1 heterocycles. The SMILES string of the molecule is Cc1ccccc1-c1c(CO)nnn1-c1ccc(C(N)=O)cc1. The lowest BCUT2D eigenvalue weighted by molar-refractivity contribution is 0.100. The maximum atomic E-state index is 11.2. The smallest absolute Gasteiger partial charge is 0.248 e. The summed E-state index contributed by atoms with van der Waals surface area (Å²) in [6.07, 6.45) is 0. The van der Waals surface area contributed by atoms with Gasteiger partial charge in [-0.25, -0.2) is 4.68 Å². The molecule has 0 aliphatic carbocycles. The highest BCUT2D eigenvalue weighted by Crippen LogP contribution is 2.28. The third-order valence-electron chi connectivity index (χ3n) is 3.69. The molecule has 3 aromatic rings. The molecule has 2 aromatic carbocycles. The number of aliphatic hydroxyl groups is 1. The maximum absolute atomic E-state index is 11.2. The van der Waals surface area contributed by atoms with E-state index >= 15 is 0 Å². The largest absolute Gasteiger partial charge is 0.390 e. The summed E-state index contributed by atoms with van der Waals surface area (Å²) in [5, 5.41) is 17.8. The topological polar surface area (TPSA) is 94.0 Å². The van der Waals surface area contributed by atoms with Gasteiger partial charge in [0.25, 0.3) is 0 Å². The molecule has 0 saturated carbocycles. The van der Waals surface area contributed by atoms with Gasteiger partial charge in [-0.15, -0.1) is 5.10 Å². The van der Waals surface area contributed by atoms with E-state index in [1.807, 2.05) is 31.2 Å². The van der Waals surface area contributed by atoms with Crippen LogP contribution in [-0.4, -0.2) is 26.0 Å². The van der Waals surface area contributed by atoms with Crippen molar-refractivity contribution >= 4 is 5.91 Å². The second-order valence-electron chi connectivity index (χ2n) is 5.18. The van der Waals surface area contributed by atoms with Gasteiger partial charge in [-0.1, -0.05) is 29.5 Å². The van der Waals surface area contributed by atoms with Gasteiger partial charge in [0.1, 0.15) is 11.4 Å². The molecule has 0 spiro atoms. The van der Waals surface area contributed by atoms with E-state index in [0.717, 1.165) is 22.5 Å². The van der Waals surface area contributed by atoms with Gasteiger partial charge in [0.05, 0.1) is 12.3 Å². The van der Waals surface area contributed by atoms with Crippen LogP contribution in [0.25, 0.3) is 16.9 Å². The quantitative estimate of drug-likeness (QED) is 0.769. The summed E-state index contributed by atoms with van der Waals surface area (Å²) in [5.74, 6) is -0.481. The second kappa shape index (κ2) is 6.02. The fourth-order valence-corrected chi connectivity index (χ4v) is 2.48. The number of nitrogens with zero attached hydrogens (tertiary/aromatic N) is 3. The highest BCUT2D eigenvalue weighted by Gasteiger charge is 2.17. The molecule has 0 radical (unpaired) electrons. The molecule has 0 unspecified atom stereocenters. The van der Waals surface area contributed by atoms with Gasteiger partial charge >= 0.3 is 0 Å². The maximum Gasteiger partial charge on any atom is 0.248 e. The van der Waals surface area contributed by atoms with Crippen LogP contribution in [0.3, 0.4) is 0 Å². The minimum Gasteiger partial charge on any atom is -0.390 e. The predicted molar refractivity (Wildman–Crippen MR) is 86.0 cm³/mol. The van der Waals surface area contributed by atoms with Crippen LogP contribution in [0.1, 0.15) is 21.6 Å². The van der Waals surface area contributed by atoms with Gasteiger partial charge < -0.3 is 10.8 Å². The molecule has 1 amide bonds. The zero-order chi connectivity index (χ0) is 16.4. The lowest BCUT2D eigenvalue weighted by atomic mass is 10.0. The van der Waals surface area contributed by atoms with Crippen LogP contribution in [-0.2, 0) is 6.61 Å². The number of aryl methyl sites for hydroxylation is 1. The summed E-state index contributed by atoms with van der Waals surface area (Å²) in [6.45, 7) is 1.78. The van der Waals surface area contributed by atoms with E-state index in [0.29, 0.717) is 11.3 Å². The molecule has 0 fully saturated rings. The van der Waals surface area contributed by atoms with E-state index in [1.165, 1.54) is 0 Å². The van der Waals surface area contributed by atoms with E-state index in [-0.39, 0.29) is 6.61 Å². The average molecular weight is 308 g/mol. The van der Waals surface area contributed by atoms with Crippen LogP contribution >= 0.6 is 0 Å². The molecular formula is C17H16N4O2. The number of hydrogen-bond donors (Lipinski definition) is 2. The molecule has 6 heteroatoms. The Kier molecular flexibility index (Phi) is 3.91. The summed E-state index contributed by atoms with van der Waals surface area (Å²) in [7, 11) is 0. The Labute approximate surface area is 133 Å². The fraction of sp³-hybridized carbons (Fsp3) is 0.118. The van der Waals surface area contributed by atoms with E-state index in [2.05, 4.69) is 10.3 Å². The van der Waals surface area contributed by atoms with Gasteiger partial charge in [-0.2, -0.15) is 0 Å². The number of hydrogen-bond acceptors (Lipinski definition) is 4. The van der Waals surface area contributed by atoms with Crippen LogP contribution in [0.4, 0.5) is 0 Å².